The Morgan fingerprint density at radius 3 is 1.88 bits per heavy atom. The summed E-state index contributed by atoms with van der Waals surface area (Å²) in [5, 5.41) is 4.02. The highest BCUT2D eigenvalue weighted by atomic mass is 35.5. The number of benzene rings is 2. The molecule has 1 heterocycles. The molecule has 0 aliphatic carbocycles. The van der Waals surface area contributed by atoms with Gasteiger partial charge in [-0.05, 0) is 62.1 Å². The van der Waals surface area contributed by atoms with Crippen molar-refractivity contribution in [3.63, 3.8) is 0 Å². The van der Waals surface area contributed by atoms with E-state index in [2.05, 4.69) is 53.4 Å². The molecule has 1 aromatic heterocycles. The minimum absolute atomic E-state index is 0.219. The highest BCUT2D eigenvalue weighted by Crippen LogP contribution is 2.32. The van der Waals surface area contributed by atoms with E-state index in [1.54, 1.807) is 12.1 Å². The molecule has 6 heteroatoms. The third kappa shape index (κ3) is 5.83. The van der Waals surface area contributed by atoms with Gasteiger partial charge in [-0.25, -0.2) is 4.39 Å². The van der Waals surface area contributed by atoms with Crippen LogP contribution in [0.2, 0.25) is 5.02 Å². The molecule has 0 radical (unpaired) electrons. The molecule has 3 rings (SSSR count). The van der Waals surface area contributed by atoms with Crippen LogP contribution in [0, 0.1) is 5.82 Å². The Kier molecular flexibility index (Phi) is 8.97. The monoisotopic (exact) mass is 458 g/mol. The van der Waals surface area contributed by atoms with Gasteiger partial charge in [0.15, 0.2) is 0 Å². The highest BCUT2D eigenvalue weighted by molar-refractivity contribution is 6.30. The molecule has 0 bridgehead atoms. The Balaban J connectivity index is 2.02. The first kappa shape index (κ1) is 24.6. The molecule has 0 fully saturated rings. The van der Waals surface area contributed by atoms with Crippen LogP contribution in [-0.2, 0) is 0 Å². The number of likely N-dealkylation sites (N-methyl/N-ethyl adjacent to an activating group) is 2. The van der Waals surface area contributed by atoms with Gasteiger partial charge in [-0.2, -0.15) is 0 Å². The number of aromatic nitrogens is 1. The summed E-state index contributed by atoms with van der Waals surface area (Å²) in [4.78, 5) is 4.88. The van der Waals surface area contributed by atoms with Crippen LogP contribution >= 0.6 is 11.6 Å². The molecule has 174 valence electrons. The van der Waals surface area contributed by atoms with Crippen LogP contribution in [0.15, 0.2) is 48.7 Å². The lowest BCUT2D eigenvalue weighted by atomic mass is 10.1. The van der Waals surface area contributed by atoms with Gasteiger partial charge in [0.25, 0.3) is 0 Å². The number of rotatable bonds is 12. The summed E-state index contributed by atoms with van der Waals surface area (Å²) >= 11 is 6.11. The van der Waals surface area contributed by atoms with Gasteiger partial charge in [0.2, 0.25) is 0 Å². The van der Waals surface area contributed by atoms with Crippen molar-refractivity contribution >= 4 is 22.5 Å². The van der Waals surface area contributed by atoms with Crippen LogP contribution < -0.4 is 5.01 Å². The number of hydrogen-bond donors (Lipinski definition) is 0. The zero-order chi connectivity index (χ0) is 23.1. The Labute approximate surface area is 197 Å². The molecule has 4 nitrogen and oxygen atoms in total. The van der Waals surface area contributed by atoms with Crippen LogP contribution in [-0.4, -0.2) is 66.8 Å². The topological polar surface area (TPSA) is 14.7 Å². The van der Waals surface area contributed by atoms with Crippen LogP contribution in [0.4, 0.5) is 4.39 Å². The van der Waals surface area contributed by atoms with Gasteiger partial charge in [-0.3, -0.25) is 4.68 Å². The van der Waals surface area contributed by atoms with Gasteiger partial charge in [0, 0.05) is 48.3 Å². The molecule has 32 heavy (non-hydrogen) atoms. The molecule has 0 amide bonds. The minimum Gasteiger partial charge on any atom is -0.310 e. The quantitative estimate of drug-likeness (QED) is 0.345. The summed E-state index contributed by atoms with van der Waals surface area (Å²) < 4.78 is 16.5. The summed E-state index contributed by atoms with van der Waals surface area (Å²) in [6, 6.07) is 12.9. The predicted octanol–water partition coefficient (Wildman–Crippen LogP) is 5.72. The van der Waals surface area contributed by atoms with Gasteiger partial charge >= 0.3 is 0 Å². The third-order valence-electron chi connectivity index (χ3n) is 6.34. The second kappa shape index (κ2) is 11.7. The Morgan fingerprint density at radius 2 is 1.34 bits per heavy atom. The Morgan fingerprint density at radius 1 is 0.781 bits per heavy atom. The van der Waals surface area contributed by atoms with E-state index in [1.165, 1.54) is 0 Å². The SMILES string of the molecule is CCN(CC)CCN(CCN(CC)CC)n1cc(-c2ccc(Cl)cc2)c2cc(F)ccc21. The van der Waals surface area contributed by atoms with Crippen molar-refractivity contribution < 1.29 is 4.39 Å². The summed E-state index contributed by atoms with van der Waals surface area (Å²) in [6.07, 6.45) is 2.15. The second-order valence-electron chi connectivity index (χ2n) is 8.06. The van der Waals surface area contributed by atoms with Crippen LogP contribution in [0.1, 0.15) is 27.7 Å². The lowest BCUT2D eigenvalue weighted by Gasteiger charge is -2.31. The molecule has 0 saturated heterocycles. The first-order chi connectivity index (χ1) is 15.5. The van der Waals surface area contributed by atoms with Gasteiger partial charge < -0.3 is 14.8 Å². The molecule has 0 saturated carbocycles. The summed E-state index contributed by atoms with van der Waals surface area (Å²) in [5.74, 6) is -0.219. The lowest BCUT2D eigenvalue weighted by molar-refractivity contribution is 0.282. The molecule has 3 aromatic rings. The zero-order valence-corrected chi connectivity index (χ0v) is 20.6. The third-order valence-corrected chi connectivity index (χ3v) is 6.60. The van der Waals surface area contributed by atoms with Crippen molar-refractivity contribution in [1.82, 2.24) is 14.5 Å². The smallest absolute Gasteiger partial charge is 0.123 e. The van der Waals surface area contributed by atoms with Crippen molar-refractivity contribution in [3.8, 4) is 11.1 Å². The molecule has 0 aliphatic rings. The number of halogens is 2. The van der Waals surface area contributed by atoms with E-state index < -0.39 is 0 Å². The van der Waals surface area contributed by atoms with Gasteiger partial charge in [-0.15, -0.1) is 0 Å². The van der Waals surface area contributed by atoms with Gasteiger partial charge in [0.05, 0.1) is 5.52 Å². The van der Waals surface area contributed by atoms with Gasteiger partial charge in [0.1, 0.15) is 5.82 Å². The van der Waals surface area contributed by atoms with E-state index in [4.69, 9.17) is 11.6 Å². The minimum atomic E-state index is -0.219. The molecule has 0 aliphatic heterocycles. The molecule has 0 atom stereocenters. The van der Waals surface area contributed by atoms with Crippen molar-refractivity contribution in [2.45, 2.75) is 27.7 Å². The van der Waals surface area contributed by atoms with Crippen molar-refractivity contribution in [2.24, 2.45) is 0 Å². The second-order valence-corrected chi connectivity index (χ2v) is 8.50. The maximum Gasteiger partial charge on any atom is 0.123 e. The zero-order valence-electron chi connectivity index (χ0n) is 19.8. The summed E-state index contributed by atoms with van der Waals surface area (Å²) in [7, 11) is 0. The average Bonchev–Trinajstić information content (AvgIpc) is 3.17. The fraction of sp³-hybridized carbons (Fsp3) is 0.462. The van der Waals surface area contributed by atoms with Crippen LogP contribution in [0.5, 0.6) is 0 Å². The normalized spacial score (nSPS) is 11.8. The number of nitrogens with zero attached hydrogens (tertiary/aromatic N) is 4. The van der Waals surface area contributed by atoms with E-state index in [-0.39, 0.29) is 5.82 Å². The highest BCUT2D eigenvalue weighted by Gasteiger charge is 2.17. The van der Waals surface area contributed by atoms with Crippen molar-refractivity contribution in [1.29, 1.82) is 0 Å². The fourth-order valence-electron chi connectivity index (χ4n) is 4.20. The number of hydrogen-bond acceptors (Lipinski definition) is 3. The van der Waals surface area contributed by atoms with Crippen LogP contribution in [0.3, 0.4) is 0 Å². The lowest BCUT2D eigenvalue weighted by Crippen LogP contribution is -2.45. The van der Waals surface area contributed by atoms with Crippen molar-refractivity contribution in [3.05, 3.63) is 59.5 Å². The Bertz CT molecular complexity index is 961. The maximum atomic E-state index is 14.2. The molecular formula is C26H36ClFN4. The van der Waals surface area contributed by atoms with E-state index in [1.807, 2.05) is 30.3 Å². The first-order valence-electron chi connectivity index (χ1n) is 11.8. The Hall–Kier alpha value is -2.08. The molecule has 0 spiro atoms. The van der Waals surface area contributed by atoms with Gasteiger partial charge in [-0.1, -0.05) is 51.4 Å². The fourth-order valence-corrected chi connectivity index (χ4v) is 4.33. The van der Waals surface area contributed by atoms with Crippen LogP contribution in [0.25, 0.3) is 22.0 Å². The summed E-state index contributed by atoms with van der Waals surface area (Å²) in [5.41, 5.74) is 3.08. The predicted molar refractivity (Wildman–Crippen MR) is 136 cm³/mol. The molecule has 2 aromatic carbocycles. The first-order valence-corrected chi connectivity index (χ1v) is 12.1. The maximum absolute atomic E-state index is 14.2. The largest absolute Gasteiger partial charge is 0.310 e. The van der Waals surface area contributed by atoms with E-state index in [0.29, 0.717) is 5.02 Å². The number of fused-ring (bicyclic) bond motifs is 1. The van der Waals surface area contributed by atoms with E-state index in [0.717, 1.165) is 74.4 Å². The summed E-state index contributed by atoms with van der Waals surface area (Å²) in [6.45, 7) is 16.8. The standard InChI is InChI=1S/C26H36ClFN4/c1-5-29(6-2)15-17-31(18-16-30(7-3)8-4)32-20-25(21-9-11-22(27)12-10-21)24-19-23(28)13-14-26(24)32/h9-14,19-20H,5-8,15-18H2,1-4H3. The molecule has 0 N–H and O–H groups in total. The van der Waals surface area contributed by atoms with E-state index in [9.17, 15) is 4.39 Å². The van der Waals surface area contributed by atoms with E-state index >= 15 is 0 Å². The van der Waals surface area contributed by atoms with Crippen molar-refractivity contribution in [2.75, 3.05) is 57.4 Å². The average molecular weight is 459 g/mol. The molecular weight excluding hydrogens is 423 g/mol. The molecule has 0 unspecified atom stereocenters.